The van der Waals surface area contributed by atoms with Crippen molar-refractivity contribution in [1.29, 1.82) is 0 Å². The average molecular weight is 170 g/mol. The van der Waals surface area contributed by atoms with Crippen LogP contribution in [0.1, 0.15) is 32.6 Å². The van der Waals surface area contributed by atoms with Gasteiger partial charge in [0.15, 0.2) is 0 Å². The lowest BCUT2D eigenvalue weighted by atomic mass is 9.67. The van der Waals surface area contributed by atoms with Gasteiger partial charge in [-0.3, -0.25) is 0 Å². The third-order valence-corrected chi connectivity index (χ3v) is 3.44. The molecule has 0 saturated heterocycles. The van der Waals surface area contributed by atoms with Crippen molar-refractivity contribution in [2.24, 2.45) is 11.8 Å². The van der Waals surface area contributed by atoms with Crippen molar-refractivity contribution in [3.8, 4) is 0 Å². The molecule has 4 atom stereocenters. The monoisotopic (exact) mass is 170 g/mol. The van der Waals surface area contributed by atoms with E-state index in [0.29, 0.717) is 17.9 Å². The maximum absolute atomic E-state index is 9.63. The van der Waals surface area contributed by atoms with E-state index in [-0.39, 0.29) is 6.10 Å². The van der Waals surface area contributed by atoms with E-state index in [1.165, 1.54) is 12.8 Å². The summed E-state index contributed by atoms with van der Waals surface area (Å²) >= 11 is 0. The van der Waals surface area contributed by atoms with Gasteiger partial charge < -0.3 is 9.84 Å². The molecule has 12 heavy (non-hydrogen) atoms. The molecule has 0 aromatic rings. The van der Waals surface area contributed by atoms with E-state index >= 15 is 0 Å². The van der Waals surface area contributed by atoms with E-state index in [4.69, 9.17) is 4.74 Å². The van der Waals surface area contributed by atoms with Gasteiger partial charge in [0.05, 0.1) is 12.2 Å². The maximum atomic E-state index is 9.63. The Balaban J connectivity index is 1.96. The zero-order chi connectivity index (χ0) is 8.55. The second kappa shape index (κ2) is 3.35. The first kappa shape index (κ1) is 8.52. The first-order chi connectivity index (χ1) is 5.81. The Hall–Kier alpha value is -0.0800. The van der Waals surface area contributed by atoms with Gasteiger partial charge in [0.25, 0.3) is 0 Å². The van der Waals surface area contributed by atoms with Gasteiger partial charge in [0, 0.05) is 6.61 Å². The quantitative estimate of drug-likeness (QED) is 0.681. The molecule has 0 aromatic heterocycles. The highest BCUT2D eigenvalue weighted by atomic mass is 16.5. The van der Waals surface area contributed by atoms with E-state index in [9.17, 15) is 5.11 Å². The van der Waals surface area contributed by atoms with Crippen molar-refractivity contribution >= 4 is 0 Å². The zero-order valence-electron chi connectivity index (χ0n) is 7.70. The first-order valence-electron chi connectivity index (χ1n) is 5.11. The molecule has 2 heteroatoms. The highest BCUT2D eigenvalue weighted by Crippen LogP contribution is 2.42. The number of hydrogen-bond donors (Lipinski definition) is 1. The molecule has 2 bridgehead atoms. The second-order valence-corrected chi connectivity index (χ2v) is 4.13. The van der Waals surface area contributed by atoms with Crippen LogP contribution in [0.25, 0.3) is 0 Å². The van der Waals surface area contributed by atoms with Gasteiger partial charge in [0.2, 0.25) is 0 Å². The molecule has 70 valence electrons. The van der Waals surface area contributed by atoms with Gasteiger partial charge in [0.1, 0.15) is 0 Å². The summed E-state index contributed by atoms with van der Waals surface area (Å²) in [5.74, 6) is 1.18. The Morgan fingerprint density at radius 2 is 2.00 bits per heavy atom. The van der Waals surface area contributed by atoms with Crippen molar-refractivity contribution in [2.45, 2.75) is 44.8 Å². The van der Waals surface area contributed by atoms with Gasteiger partial charge in [-0.1, -0.05) is 0 Å². The molecule has 0 heterocycles. The normalized spacial score (nSPS) is 46.5. The second-order valence-electron chi connectivity index (χ2n) is 4.13. The van der Waals surface area contributed by atoms with E-state index < -0.39 is 0 Å². The molecule has 3 fully saturated rings. The van der Waals surface area contributed by atoms with Crippen LogP contribution in [0.3, 0.4) is 0 Å². The van der Waals surface area contributed by atoms with Gasteiger partial charge in [-0.25, -0.2) is 0 Å². The van der Waals surface area contributed by atoms with Crippen LogP contribution in [-0.2, 0) is 4.74 Å². The predicted octanol–water partition coefficient (Wildman–Crippen LogP) is 1.57. The smallest absolute Gasteiger partial charge is 0.0607 e. The summed E-state index contributed by atoms with van der Waals surface area (Å²) < 4.78 is 5.65. The standard InChI is InChI=1S/C10H18O2/c1-2-12-10-6-7-3-4-8(10)5-9(7)11/h7-11H,2-6H2,1H3. The summed E-state index contributed by atoms with van der Waals surface area (Å²) in [5, 5.41) is 9.63. The van der Waals surface area contributed by atoms with Gasteiger partial charge in [-0.15, -0.1) is 0 Å². The fourth-order valence-electron chi connectivity index (χ4n) is 2.76. The summed E-state index contributed by atoms with van der Waals surface area (Å²) in [7, 11) is 0. The predicted molar refractivity (Wildman–Crippen MR) is 46.9 cm³/mol. The Kier molecular flexibility index (Phi) is 2.37. The van der Waals surface area contributed by atoms with Crippen LogP contribution in [-0.4, -0.2) is 23.9 Å². The van der Waals surface area contributed by atoms with Crippen molar-refractivity contribution in [3.05, 3.63) is 0 Å². The van der Waals surface area contributed by atoms with Crippen LogP contribution in [0.15, 0.2) is 0 Å². The van der Waals surface area contributed by atoms with E-state index in [2.05, 4.69) is 6.92 Å². The molecule has 3 rings (SSSR count). The average Bonchev–Trinajstić information content (AvgIpc) is 2.07. The topological polar surface area (TPSA) is 29.5 Å². The number of fused-ring (bicyclic) bond motifs is 3. The van der Waals surface area contributed by atoms with Gasteiger partial charge >= 0.3 is 0 Å². The third-order valence-electron chi connectivity index (χ3n) is 3.44. The van der Waals surface area contributed by atoms with Crippen LogP contribution in [0.2, 0.25) is 0 Å². The first-order valence-corrected chi connectivity index (χ1v) is 5.11. The highest BCUT2D eigenvalue weighted by Gasteiger charge is 2.41. The minimum absolute atomic E-state index is 0.0274. The number of rotatable bonds is 2. The number of aliphatic hydroxyl groups is 1. The Labute approximate surface area is 73.9 Å². The zero-order valence-corrected chi connectivity index (χ0v) is 7.70. The fraction of sp³-hybridized carbons (Fsp3) is 1.00. The molecule has 4 unspecified atom stereocenters. The molecule has 0 spiro atoms. The third kappa shape index (κ3) is 1.38. The van der Waals surface area contributed by atoms with Gasteiger partial charge in [-0.05, 0) is 44.4 Å². The Morgan fingerprint density at radius 3 is 2.50 bits per heavy atom. The minimum atomic E-state index is -0.0274. The number of hydrogen-bond acceptors (Lipinski definition) is 2. The van der Waals surface area contributed by atoms with Crippen LogP contribution < -0.4 is 0 Å². The SMILES string of the molecule is CCOC1CC2CCC1CC2O. The van der Waals surface area contributed by atoms with E-state index in [0.717, 1.165) is 19.4 Å². The lowest BCUT2D eigenvalue weighted by Crippen LogP contribution is -2.44. The van der Waals surface area contributed by atoms with Crippen LogP contribution in [0.4, 0.5) is 0 Å². The van der Waals surface area contributed by atoms with E-state index in [1.807, 2.05) is 0 Å². The molecule has 1 N–H and O–H groups in total. The summed E-state index contributed by atoms with van der Waals surface area (Å²) in [6, 6.07) is 0. The Bertz CT molecular complexity index is 156. The lowest BCUT2D eigenvalue weighted by molar-refractivity contribution is -0.0991. The van der Waals surface area contributed by atoms with E-state index in [1.54, 1.807) is 0 Å². The molecule has 0 amide bonds. The molecular formula is C10H18O2. The summed E-state index contributed by atoms with van der Waals surface area (Å²) in [6.07, 6.45) is 4.99. The molecule has 2 nitrogen and oxygen atoms in total. The van der Waals surface area contributed by atoms with Gasteiger partial charge in [-0.2, -0.15) is 0 Å². The largest absolute Gasteiger partial charge is 0.393 e. The van der Waals surface area contributed by atoms with Crippen molar-refractivity contribution in [1.82, 2.24) is 0 Å². The highest BCUT2D eigenvalue weighted by molar-refractivity contribution is 4.92. The Morgan fingerprint density at radius 1 is 1.25 bits per heavy atom. The molecular weight excluding hydrogens is 152 g/mol. The molecule has 3 aliphatic rings. The number of aliphatic hydroxyl groups excluding tert-OH is 1. The molecule has 3 aliphatic carbocycles. The molecule has 0 aliphatic heterocycles. The summed E-state index contributed by atoms with van der Waals surface area (Å²) in [5.41, 5.74) is 0. The molecule has 0 radical (unpaired) electrons. The summed E-state index contributed by atoms with van der Waals surface area (Å²) in [6.45, 7) is 2.88. The van der Waals surface area contributed by atoms with Crippen LogP contribution in [0.5, 0.6) is 0 Å². The molecule has 0 aromatic carbocycles. The minimum Gasteiger partial charge on any atom is -0.393 e. The van der Waals surface area contributed by atoms with Crippen molar-refractivity contribution < 1.29 is 9.84 Å². The lowest BCUT2D eigenvalue weighted by Gasteiger charge is -2.44. The maximum Gasteiger partial charge on any atom is 0.0607 e. The van der Waals surface area contributed by atoms with Crippen molar-refractivity contribution in [2.75, 3.05) is 6.61 Å². The van der Waals surface area contributed by atoms with Crippen molar-refractivity contribution in [3.63, 3.8) is 0 Å². The fourth-order valence-corrected chi connectivity index (χ4v) is 2.76. The van der Waals surface area contributed by atoms with Crippen LogP contribution in [0, 0.1) is 11.8 Å². The van der Waals surface area contributed by atoms with Crippen LogP contribution >= 0.6 is 0 Å². The number of ether oxygens (including phenoxy) is 1. The summed E-state index contributed by atoms with van der Waals surface area (Å²) in [4.78, 5) is 0. The molecule has 3 saturated carbocycles.